The number of ether oxygens (including phenoxy) is 4. The Morgan fingerprint density at radius 3 is 0.615 bits per heavy atom. The van der Waals surface area contributed by atoms with E-state index in [4.69, 9.17) is 37.0 Å². The number of hydrogen-bond donors (Lipinski definition) is 3. The molecule has 0 amide bonds. The van der Waals surface area contributed by atoms with E-state index in [0.717, 1.165) is 89.9 Å². The van der Waals surface area contributed by atoms with E-state index in [2.05, 4.69) is 27.7 Å². The molecule has 0 rings (SSSR count). The van der Waals surface area contributed by atoms with Gasteiger partial charge in [0, 0.05) is 25.7 Å². The van der Waals surface area contributed by atoms with E-state index in [0.29, 0.717) is 25.7 Å². The van der Waals surface area contributed by atoms with Crippen LogP contribution in [0.3, 0.4) is 0 Å². The summed E-state index contributed by atoms with van der Waals surface area (Å²) in [5.41, 5.74) is 0. The Morgan fingerprint density at radius 2 is 0.417 bits per heavy atom. The fraction of sp³-hybridized carbons (Fsp3) is 0.948. The molecule has 0 spiro atoms. The van der Waals surface area contributed by atoms with Gasteiger partial charge in [-0.2, -0.15) is 0 Å². The van der Waals surface area contributed by atoms with Gasteiger partial charge in [-0.25, -0.2) is 9.13 Å². The van der Waals surface area contributed by atoms with Crippen LogP contribution in [0.15, 0.2) is 0 Å². The lowest BCUT2D eigenvalue weighted by atomic mass is 10.0. The van der Waals surface area contributed by atoms with Gasteiger partial charge in [0.2, 0.25) is 0 Å². The number of rotatable bonds is 78. The van der Waals surface area contributed by atoms with Gasteiger partial charge in [-0.1, -0.05) is 362 Å². The van der Waals surface area contributed by atoms with Crippen molar-refractivity contribution in [2.24, 2.45) is 0 Å². The highest BCUT2D eigenvalue weighted by Gasteiger charge is 2.30. The van der Waals surface area contributed by atoms with E-state index in [1.54, 1.807) is 0 Å². The van der Waals surface area contributed by atoms with Crippen molar-refractivity contribution < 1.29 is 80.2 Å². The fourth-order valence-electron chi connectivity index (χ4n) is 11.9. The Morgan fingerprint density at radius 1 is 0.250 bits per heavy atom. The first-order valence-electron chi connectivity index (χ1n) is 40.3. The zero-order chi connectivity index (χ0) is 70.4. The molecule has 2 unspecified atom stereocenters. The van der Waals surface area contributed by atoms with Gasteiger partial charge in [-0.3, -0.25) is 37.3 Å². The van der Waals surface area contributed by atoms with E-state index in [9.17, 15) is 43.2 Å². The van der Waals surface area contributed by atoms with E-state index >= 15 is 0 Å². The number of phosphoric ester groups is 2. The van der Waals surface area contributed by atoms with Gasteiger partial charge in [0.15, 0.2) is 12.2 Å². The fourth-order valence-corrected chi connectivity index (χ4v) is 13.5. The van der Waals surface area contributed by atoms with Gasteiger partial charge in [0.25, 0.3) is 0 Å². The maximum atomic E-state index is 13.1. The molecule has 0 aliphatic heterocycles. The Labute approximate surface area is 588 Å². The Balaban J connectivity index is 5.17. The molecule has 3 N–H and O–H groups in total. The maximum Gasteiger partial charge on any atom is 0.472 e. The smallest absolute Gasteiger partial charge is 0.462 e. The summed E-state index contributed by atoms with van der Waals surface area (Å²) in [6.45, 7) is 4.97. The zero-order valence-electron chi connectivity index (χ0n) is 62.4. The minimum Gasteiger partial charge on any atom is -0.462 e. The Hall–Kier alpha value is -1.94. The maximum absolute atomic E-state index is 13.1. The molecule has 0 aliphatic carbocycles. The zero-order valence-corrected chi connectivity index (χ0v) is 64.1. The van der Waals surface area contributed by atoms with Crippen molar-refractivity contribution in [3.05, 3.63) is 0 Å². The number of hydrogen-bond acceptors (Lipinski definition) is 15. The first-order chi connectivity index (χ1) is 46.7. The molecule has 0 aromatic carbocycles. The predicted molar refractivity (Wildman–Crippen MR) is 391 cm³/mol. The number of unbranched alkanes of at least 4 members (excludes halogenated alkanes) is 52. The first-order valence-corrected chi connectivity index (χ1v) is 43.3. The van der Waals surface area contributed by atoms with Gasteiger partial charge in [-0.15, -0.1) is 0 Å². The van der Waals surface area contributed by atoms with Crippen molar-refractivity contribution in [2.75, 3.05) is 39.6 Å². The van der Waals surface area contributed by atoms with Gasteiger partial charge in [-0.05, 0) is 25.7 Å². The van der Waals surface area contributed by atoms with Crippen molar-refractivity contribution in [3.63, 3.8) is 0 Å². The molecule has 0 heterocycles. The predicted octanol–water partition coefficient (Wildman–Crippen LogP) is 23.0. The molecule has 0 aliphatic rings. The quantitative estimate of drug-likeness (QED) is 0.0222. The third-order valence-electron chi connectivity index (χ3n) is 18.1. The molecule has 570 valence electrons. The lowest BCUT2D eigenvalue weighted by Gasteiger charge is -2.21. The van der Waals surface area contributed by atoms with Crippen LogP contribution in [0.1, 0.15) is 413 Å². The standard InChI is InChI=1S/C77H150O17P2/c1-5-9-13-17-21-25-28-31-33-34-35-36-37-38-39-42-45-48-52-56-60-64-77(82)94-73(68-88-75(80)62-58-54-50-46-43-41-32-29-26-22-18-14-10-6-2)70-92-96(85,86)90-66-71(78)65-89-95(83,84)91-69-72(67-87-74(79)61-57-53-49-24-20-16-12-8-4)93-76(81)63-59-55-51-47-44-40-30-27-23-19-15-11-7-3/h71-73,78H,5-70H2,1-4H3,(H,83,84)(H,85,86)/t71-,72+,73+/m0/s1. The minimum atomic E-state index is -4.96. The molecule has 0 saturated heterocycles. The van der Waals surface area contributed by atoms with Crippen LogP contribution in [0.2, 0.25) is 0 Å². The molecule has 0 bridgehead atoms. The Kier molecular flexibility index (Phi) is 70.0. The number of esters is 4. The van der Waals surface area contributed by atoms with E-state index in [1.807, 2.05) is 0 Å². The van der Waals surface area contributed by atoms with E-state index < -0.39 is 97.5 Å². The van der Waals surface area contributed by atoms with Gasteiger partial charge >= 0.3 is 39.5 Å². The molecule has 0 saturated carbocycles. The van der Waals surface area contributed by atoms with Crippen molar-refractivity contribution in [3.8, 4) is 0 Å². The van der Waals surface area contributed by atoms with Crippen molar-refractivity contribution in [1.82, 2.24) is 0 Å². The second-order valence-electron chi connectivity index (χ2n) is 27.7. The van der Waals surface area contributed by atoms with E-state index in [-0.39, 0.29) is 25.7 Å². The van der Waals surface area contributed by atoms with Crippen LogP contribution in [-0.4, -0.2) is 96.7 Å². The monoisotopic (exact) mass is 1410 g/mol. The topological polar surface area (TPSA) is 237 Å². The molecule has 96 heavy (non-hydrogen) atoms. The molecule has 0 fully saturated rings. The lowest BCUT2D eigenvalue weighted by Crippen LogP contribution is -2.30. The SMILES string of the molecule is CCCCCCCCCCCCCCCCCCCCCCCC(=O)O[C@H](COC(=O)CCCCCCCCCCCCCCCC)COP(=O)(O)OC[C@@H](O)COP(=O)(O)OC[C@@H](COC(=O)CCCCCCCCCC)OC(=O)CCCCCCCCCCCCCCC. The first kappa shape index (κ1) is 94.1. The average Bonchev–Trinajstić information content (AvgIpc) is 1.83. The number of phosphoric acid groups is 2. The third-order valence-corrected chi connectivity index (χ3v) is 20.0. The van der Waals surface area contributed by atoms with Crippen LogP contribution < -0.4 is 0 Å². The minimum absolute atomic E-state index is 0.108. The summed E-state index contributed by atoms with van der Waals surface area (Å²) in [5, 5.41) is 10.6. The average molecular weight is 1410 g/mol. The number of carbonyl (C=O) groups excluding carboxylic acids is 4. The molecular formula is C77H150O17P2. The summed E-state index contributed by atoms with van der Waals surface area (Å²) in [7, 11) is -9.91. The van der Waals surface area contributed by atoms with Crippen LogP contribution in [0.25, 0.3) is 0 Å². The molecular weight excluding hydrogens is 1260 g/mol. The summed E-state index contributed by atoms with van der Waals surface area (Å²) in [6, 6.07) is 0. The second-order valence-corrected chi connectivity index (χ2v) is 30.7. The van der Waals surface area contributed by atoms with Crippen molar-refractivity contribution in [2.45, 2.75) is 431 Å². The summed E-state index contributed by atoms with van der Waals surface area (Å²) >= 11 is 0. The highest BCUT2D eigenvalue weighted by atomic mass is 31.2. The van der Waals surface area contributed by atoms with Crippen LogP contribution in [-0.2, 0) is 65.4 Å². The summed E-state index contributed by atoms with van der Waals surface area (Å²) < 4.78 is 68.5. The number of aliphatic hydroxyl groups is 1. The summed E-state index contributed by atoms with van der Waals surface area (Å²) in [5.74, 6) is -2.11. The molecule has 0 aromatic heterocycles. The van der Waals surface area contributed by atoms with E-state index in [1.165, 1.54) is 244 Å². The molecule has 19 heteroatoms. The molecule has 0 aromatic rings. The normalized spacial score (nSPS) is 13.9. The third kappa shape index (κ3) is 70.5. The summed E-state index contributed by atoms with van der Waals surface area (Å²) in [6.07, 6.45) is 62.5. The lowest BCUT2D eigenvalue weighted by molar-refractivity contribution is -0.161. The highest BCUT2D eigenvalue weighted by molar-refractivity contribution is 7.47. The van der Waals surface area contributed by atoms with Gasteiger partial charge in [0.05, 0.1) is 26.4 Å². The highest BCUT2D eigenvalue weighted by Crippen LogP contribution is 2.45. The largest absolute Gasteiger partial charge is 0.472 e. The van der Waals surface area contributed by atoms with Crippen LogP contribution >= 0.6 is 15.6 Å². The molecule has 5 atom stereocenters. The molecule has 0 radical (unpaired) electrons. The second kappa shape index (κ2) is 71.5. The van der Waals surface area contributed by atoms with Crippen LogP contribution in [0.5, 0.6) is 0 Å². The van der Waals surface area contributed by atoms with Crippen molar-refractivity contribution in [1.29, 1.82) is 0 Å². The molecule has 17 nitrogen and oxygen atoms in total. The van der Waals surface area contributed by atoms with Gasteiger partial charge in [0.1, 0.15) is 19.3 Å². The number of aliphatic hydroxyl groups excluding tert-OH is 1. The Bertz CT molecular complexity index is 1830. The van der Waals surface area contributed by atoms with Crippen LogP contribution in [0, 0.1) is 0 Å². The summed E-state index contributed by atoms with van der Waals surface area (Å²) in [4.78, 5) is 72.7. The van der Waals surface area contributed by atoms with Gasteiger partial charge < -0.3 is 33.8 Å². The van der Waals surface area contributed by atoms with Crippen LogP contribution in [0.4, 0.5) is 0 Å². The number of carbonyl (C=O) groups is 4. The van der Waals surface area contributed by atoms with Crippen molar-refractivity contribution >= 4 is 39.5 Å².